The summed E-state index contributed by atoms with van der Waals surface area (Å²) >= 11 is 3.02. The molecule has 0 aliphatic heterocycles. The van der Waals surface area contributed by atoms with Gasteiger partial charge in [0.15, 0.2) is 0 Å². The van der Waals surface area contributed by atoms with Crippen LogP contribution in [-0.2, 0) is 11.4 Å². The van der Waals surface area contributed by atoms with Crippen molar-refractivity contribution in [2.24, 2.45) is 0 Å². The predicted octanol–water partition coefficient (Wildman–Crippen LogP) is 4.08. The smallest absolute Gasteiger partial charge is 0.487 e. The van der Waals surface area contributed by atoms with E-state index in [1.54, 1.807) is 6.92 Å². The van der Waals surface area contributed by atoms with Gasteiger partial charge in [0.05, 0.1) is 5.56 Å². The van der Waals surface area contributed by atoms with Gasteiger partial charge in [-0.3, -0.25) is 4.79 Å². The highest BCUT2D eigenvalue weighted by atomic mass is 79.9. The van der Waals surface area contributed by atoms with E-state index in [1.807, 2.05) is 0 Å². The second-order valence-corrected chi connectivity index (χ2v) is 5.69. The predicted molar refractivity (Wildman–Crippen MR) is 83.8 cm³/mol. The van der Waals surface area contributed by atoms with Gasteiger partial charge in [-0.25, -0.2) is 18.0 Å². The average molecular weight is 462 g/mol. The summed E-state index contributed by atoms with van der Waals surface area (Å²) in [5.41, 5.74) is -0.287. The third-order valence-corrected chi connectivity index (χ3v) is 3.55. The van der Waals surface area contributed by atoms with E-state index in [0.717, 1.165) is 0 Å². The lowest BCUT2D eigenvalue weighted by molar-refractivity contribution is -0.192. The van der Waals surface area contributed by atoms with Crippen LogP contribution in [0.5, 0.6) is 5.75 Å². The van der Waals surface area contributed by atoms with Gasteiger partial charge in [-0.2, -0.15) is 13.2 Å². The summed E-state index contributed by atoms with van der Waals surface area (Å²) in [5.74, 6) is -5.70. The summed E-state index contributed by atoms with van der Waals surface area (Å²) in [6.45, 7) is 1.18. The fourth-order valence-corrected chi connectivity index (χ4v) is 1.93. The minimum absolute atomic E-state index is 0.117. The molecule has 0 spiro atoms. The van der Waals surface area contributed by atoms with Crippen molar-refractivity contribution in [3.63, 3.8) is 0 Å². The number of hydrogen-bond donors (Lipinski definition) is 2. The first kappa shape index (κ1) is 22.5. The highest BCUT2D eigenvalue weighted by molar-refractivity contribution is 9.10. The number of carboxylic acids is 1. The number of benzene rings is 1. The molecule has 0 bridgehead atoms. The second kappa shape index (κ2) is 8.93. The minimum atomic E-state index is -5.08. The number of alkyl halides is 3. The Kier molecular flexibility index (Phi) is 7.46. The van der Waals surface area contributed by atoms with Crippen molar-refractivity contribution >= 4 is 21.9 Å². The summed E-state index contributed by atoms with van der Waals surface area (Å²) in [4.78, 5) is 22.9. The van der Waals surface area contributed by atoms with E-state index in [9.17, 15) is 31.1 Å². The van der Waals surface area contributed by atoms with E-state index in [4.69, 9.17) is 14.6 Å². The lowest BCUT2D eigenvalue weighted by Gasteiger charge is -2.10. The Labute approximate surface area is 155 Å². The molecule has 0 saturated carbocycles. The van der Waals surface area contributed by atoms with Crippen molar-refractivity contribution in [2.45, 2.75) is 19.7 Å². The van der Waals surface area contributed by atoms with Crippen LogP contribution in [0, 0.1) is 24.4 Å². The van der Waals surface area contributed by atoms with Crippen LogP contribution in [0.3, 0.4) is 0 Å². The molecule has 0 aliphatic rings. The molecular weight excluding hydrogens is 452 g/mol. The van der Waals surface area contributed by atoms with Crippen LogP contribution < -0.4 is 10.3 Å². The van der Waals surface area contributed by atoms with Gasteiger partial charge in [0, 0.05) is 23.9 Å². The largest absolute Gasteiger partial charge is 0.490 e. The maximum Gasteiger partial charge on any atom is 0.490 e. The van der Waals surface area contributed by atoms with E-state index in [2.05, 4.69) is 20.9 Å². The fourth-order valence-electron chi connectivity index (χ4n) is 1.61. The number of aliphatic carboxylic acids is 1. The molecule has 0 saturated heterocycles. The van der Waals surface area contributed by atoms with Gasteiger partial charge in [-0.15, -0.1) is 0 Å². The summed E-state index contributed by atoms with van der Waals surface area (Å²) in [7, 11) is 0. The van der Waals surface area contributed by atoms with E-state index in [1.165, 1.54) is 6.07 Å². The molecular formula is C15H10BrF6NO4. The number of aromatic nitrogens is 1. The van der Waals surface area contributed by atoms with Gasteiger partial charge in [-0.05, 0) is 22.9 Å². The van der Waals surface area contributed by atoms with Crippen LogP contribution in [0.25, 0.3) is 0 Å². The van der Waals surface area contributed by atoms with Gasteiger partial charge >= 0.3 is 12.1 Å². The fraction of sp³-hybridized carbons (Fsp3) is 0.200. The number of carbonyl (C=O) groups is 1. The molecule has 2 N–H and O–H groups in total. The molecule has 0 unspecified atom stereocenters. The maximum absolute atomic E-state index is 13.4. The summed E-state index contributed by atoms with van der Waals surface area (Å²) in [6, 6.07) is 2.64. The Hall–Kier alpha value is -2.50. The molecule has 27 heavy (non-hydrogen) atoms. The number of ether oxygens (including phenoxy) is 1. The van der Waals surface area contributed by atoms with Crippen molar-refractivity contribution in [1.82, 2.24) is 4.98 Å². The Morgan fingerprint density at radius 1 is 1.19 bits per heavy atom. The maximum atomic E-state index is 13.4. The third-order valence-electron chi connectivity index (χ3n) is 2.79. The number of aromatic amines is 1. The highest BCUT2D eigenvalue weighted by Gasteiger charge is 2.38. The van der Waals surface area contributed by atoms with Gasteiger partial charge in [0.2, 0.25) is 0 Å². The van der Waals surface area contributed by atoms with Crippen LogP contribution in [0.15, 0.2) is 27.5 Å². The Balaban J connectivity index is 0.000000445. The van der Waals surface area contributed by atoms with Gasteiger partial charge in [0.25, 0.3) is 5.56 Å². The van der Waals surface area contributed by atoms with E-state index < -0.39 is 47.3 Å². The first-order valence-electron chi connectivity index (χ1n) is 6.78. The van der Waals surface area contributed by atoms with Crippen LogP contribution >= 0.6 is 15.9 Å². The van der Waals surface area contributed by atoms with E-state index >= 15 is 0 Å². The zero-order chi connectivity index (χ0) is 20.9. The molecule has 0 aliphatic carbocycles. The SMILES string of the molecule is Cc1cc(OCc2c(F)cc(F)cc2F)c(Br)c(=O)[nH]1.O=C(O)C(F)(F)F. The summed E-state index contributed by atoms with van der Waals surface area (Å²) in [5, 5.41) is 7.12. The van der Waals surface area contributed by atoms with Crippen molar-refractivity contribution in [1.29, 1.82) is 0 Å². The molecule has 148 valence electrons. The lowest BCUT2D eigenvalue weighted by Crippen LogP contribution is -2.21. The Morgan fingerprint density at radius 2 is 1.67 bits per heavy atom. The number of nitrogens with one attached hydrogen (secondary N) is 1. The van der Waals surface area contributed by atoms with Crippen molar-refractivity contribution < 1.29 is 41.0 Å². The number of pyridine rings is 1. The Bertz CT molecular complexity index is 874. The monoisotopic (exact) mass is 461 g/mol. The first-order chi connectivity index (χ1) is 12.3. The first-order valence-corrected chi connectivity index (χ1v) is 7.58. The number of carboxylic acid groups (broad SMARTS) is 1. The molecule has 2 rings (SSSR count). The van der Waals surface area contributed by atoms with Crippen molar-refractivity contribution in [3.05, 3.63) is 61.7 Å². The van der Waals surface area contributed by atoms with E-state index in [-0.39, 0.29) is 10.2 Å². The summed E-state index contributed by atoms with van der Waals surface area (Å²) < 4.78 is 76.7. The number of H-pyrrole nitrogens is 1. The third kappa shape index (κ3) is 6.62. The summed E-state index contributed by atoms with van der Waals surface area (Å²) in [6.07, 6.45) is -5.08. The number of aryl methyl sites for hydroxylation is 1. The van der Waals surface area contributed by atoms with Crippen LogP contribution in [0.4, 0.5) is 26.3 Å². The number of rotatable bonds is 3. The molecule has 12 heteroatoms. The molecule has 1 aromatic carbocycles. The van der Waals surface area contributed by atoms with Crippen LogP contribution in [0.2, 0.25) is 0 Å². The molecule has 1 heterocycles. The molecule has 5 nitrogen and oxygen atoms in total. The molecule has 0 amide bonds. The standard InChI is InChI=1S/C13H9BrF3NO2.C2HF3O2/c1-6-2-11(12(14)13(19)18-6)20-5-8-9(16)3-7(15)4-10(8)17;3-2(4,5)1(6)7/h2-4H,5H2,1H3,(H,18,19);(H,6,7). The quantitative estimate of drug-likeness (QED) is 0.675. The highest BCUT2D eigenvalue weighted by Crippen LogP contribution is 2.23. The molecule has 0 radical (unpaired) electrons. The molecule has 1 aromatic heterocycles. The van der Waals surface area contributed by atoms with Crippen molar-refractivity contribution in [2.75, 3.05) is 0 Å². The zero-order valence-corrected chi connectivity index (χ0v) is 14.8. The molecule has 2 aromatic rings. The van der Waals surface area contributed by atoms with Crippen molar-refractivity contribution in [3.8, 4) is 5.75 Å². The van der Waals surface area contributed by atoms with Crippen LogP contribution in [0.1, 0.15) is 11.3 Å². The topological polar surface area (TPSA) is 79.4 Å². The minimum Gasteiger partial charge on any atom is -0.487 e. The molecule has 0 atom stereocenters. The number of halogens is 7. The van der Waals surface area contributed by atoms with Gasteiger partial charge in [0.1, 0.15) is 34.3 Å². The second-order valence-electron chi connectivity index (χ2n) is 4.90. The van der Waals surface area contributed by atoms with Crippen LogP contribution in [-0.4, -0.2) is 22.2 Å². The lowest BCUT2D eigenvalue weighted by atomic mass is 10.2. The van der Waals surface area contributed by atoms with E-state index in [0.29, 0.717) is 17.8 Å². The average Bonchev–Trinajstić information content (AvgIpc) is 2.50. The van der Waals surface area contributed by atoms with Gasteiger partial charge < -0.3 is 14.8 Å². The Morgan fingerprint density at radius 3 is 2.11 bits per heavy atom. The normalized spacial score (nSPS) is 10.8. The molecule has 0 fully saturated rings. The number of hydrogen-bond acceptors (Lipinski definition) is 3. The zero-order valence-electron chi connectivity index (χ0n) is 13.3. The van der Waals surface area contributed by atoms with Gasteiger partial charge in [-0.1, -0.05) is 0 Å².